The molecule has 0 unspecified atom stereocenters. The predicted octanol–water partition coefficient (Wildman–Crippen LogP) is 2.34. The van der Waals surface area contributed by atoms with E-state index in [1.165, 1.54) is 11.7 Å². The second-order valence-corrected chi connectivity index (χ2v) is 8.80. The van der Waals surface area contributed by atoms with Gasteiger partial charge in [-0.3, -0.25) is 19.4 Å². The molecule has 130 valence electrons. The van der Waals surface area contributed by atoms with Crippen LogP contribution < -0.4 is 5.56 Å². The average molecular weight is 415 g/mol. The molecule has 0 fully saturated rings. The largest absolute Gasteiger partial charge is 0.299 e. The third-order valence-corrected chi connectivity index (χ3v) is 5.93. The number of aryl methyl sites for hydroxylation is 2. The van der Waals surface area contributed by atoms with Gasteiger partial charge in [0.15, 0.2) is 9.84 Å². The summed E-state index contributed by atoms with van der Waals surface area (Å²) >= 11 is 3.30. The van der Waals surface area contributed by atoms with Gasteiger partial charge in [0, 0.05) is 22.8 Å². The van der Waals surface area contributed by atoms with Crippen LogP contribution in [0.15, 0.2) is 27.5 Å². The lowest BCUT2D eigenvalue weighted by atomic mass is 9.99. The molecule has 1 N–H and O–H groups in total. The van der Waals surface area contributed by atoms with E-state index in [0.29, 0.717) is 22.2 Å². The Labute approximate surface area is 148 Å². The van der Waals surface area contributed by atoms with E-state index in [1.807, 2.05) is 0 Å². The molecular weight excluding hydrogens is 396 g/mol. The Hall–Kier alpha value is -1.67. The maximum atomic E-state index is 12.8. The van der Waals surface area contributed by atoms with Gasteiger partial charge >= 0.3 is 0 Å². The molecule has 0 amide bonds. The van der Waals surface area contributed by atoms with Crippen molar-refractivity contribution in [2.24, 2.45) is 7.05 Å². The molecule has 0 aliphatic heterocycles. The standard InChI is InChI=1S/C16H19BrN2O4S/c1-4-7-24(22,23)9-11-8-12(17)5-6-13(11)15(20)14-10(2)18-19(3)16(14)21/h5-6,8,18H,4,7,9H2,1-3H3. The summed E-state index contributed by atoms with van der Waals surface area (Å²) in [5.41, 5.74) is 0.692. The minimum atomic E-state index is -3.32. The number of nitrogens with zero attached hydrogens (tertiary/aromatic N) is 1. The molecule has 0 spiro atoms. The van der Waals surface area contributed by atoms with E-state index < -0.39 is 21.2 Å². The molecule has 2 rings (SSSR count). The summed E-state index contributed by atoms with van der Waals surface area (Å²) < 4.78 is 26.2. The van der Waals surface area contributed by atoms with Crippen molar-refractivity contribution in [2.45, 2.75) is 26.0 Å². The van der Waals surface area contributed by atoms with Gasteiger partial charge in [-0.25, -0.2) is 8.42 Å². The van der Waals surface area contributed by atoms with Gasteiger partial charge < -0.3 is 0 Å². The first kappa shape index (κ1) is 18.7. The monoisotopic (exact) mass is 414 g/mol. The van der Waals surface area contributed by atoms with E-state index in [-0.39, 0.29) is 22.6 Å². The van der Waals surface area contributed by atoms with Crippen LogP contribution in [-0.2, 0) is 22.6 Å². The first-order chi connectivity index (χ1) is 11.2. The van der Waals surface area contributed by atoms with Crippen LogP contribution in [0.1, 0.15) is 40.5 Å². The molecule has 0 radical (unpaired) electrons. The fraction of sp³-hybridized carbons (Fsp3) is 0.375. The lowest BCUT2D eigenvalue weighted by Crippen LogP contribution is -2.21. The maximum Gasteiger partial charge on any atom is 0.277 e. The molecule has 8 heteroatoms. The summed E-state index contributed by atoms with van der Waals surface area (Å²) in [6, 6.07) is 4.83. The highest BCUT2D eigenvalue weighted by molar-refractivity contribution is 9.10. The van der Waals surface area contributed by atoms with E-state index >= 15 is 0 Å². The molecule has 1 aromatic heterocycles. The SMILES string of the molecule is CCCS(=O)(=O)Cc1cc(Br)ccc1C(=O)c1c(C)[nH]n(C)c1=O. The topological polar surface area (TPSA) is 89.0 Å². The van der Waals surface area contributed by atoms with E-state index in [9.17, 15) is 18.0 Å². The summed E-state index contributed by atoms with van der Waals surface area (Å²) in [6.07, 6.45) is 0.511. The molecule has 0 bridgehead atoms. The van der Waals surface area contributed by atoms with Crippen LogP contribution in [0.4, 0.5) is 0 Å². The molecule has 0 aliphatic carbocycles. The van der Waals surface area contributed by atoms with Gasteiger partial charge in [0.25, 0.3) is 5.56 Å². The zero-order chi connectivity index (χ0) is 18.1. The Morgan fingerprint density at radius 1 is 1.33 bits per heavy atom. The average Bonchev–Trinajstić information content (AvgIpc) is 2.71. The third kappa shape index (κ3) is 3.87. The van der Waals surface area contributed by atoms with Gasteiger partial charge in [-0.1, -0.05) is 22.9 Å². The maximum absolute atomic E-state index is 12.8. The van der Waals surface area contributed by atoms with Crippen LogP contribution >= 0.6 is 15.9 Å². The highest BCUT2D eigenvalue weighted by atomic mass is 79.9. The van der Waals surface area contributed by atoms with Crippen molar-refractivity contribution in [3.05, 3.63) is 55.4 Å². The Balaban J connectivity index is 2.55. The van der Waals surface area contributed by atoms with Gasteiger partial charge in [0.1, 0.15) is 5.56 Å². The molecule has 1 heterocycles. The molecule has 6 nitrogen and oxygen atoms in total. The summed E-state index contributed by atoms with van der Waals surface area (Å²) in [4.78, 5) is 25.0. The lowest BCUT2D eigenvalue weighted by Gasteiger charge is -2.09. The van der Waals surface area contributed by atoms with Crippen molar-refractivity contribution in [1.82, 2.24) is 9.78 Å². The van der Waals surface area contributed by atoms with Gasteiger partial charge in [0.2, 0.25) is 5.78 Å². The van der Waals surface area contributed by atoms with E-state index in [2.05, 4.69) is 21.0 Å². The number of ketones is 1. The fourth-order valence-corrected chi connectivity index (χ4v) is 4.50. The van der Waals surface area contributed by atoms with Crippen LogP contribution in [0.5, 0.6) is 0 Å². The Morgan fingerprint density at radius 2 is 2.00 bits per heavy atom. The van der Waals surface area contributed by atoms with Gasteiger partial charge in [-0.2, -0.15) is 0 Å². The highest BCUT2D eigenvalue weighted by Gasteiger charge is 2.23. The lowest BCUT2D eigenvalue weighted by molar-refractivity contribution is 0.103. The second-order valence-electron chi connectivity index (χ2n) is 5.70. The van der Waals surface area contributed by atoms with Crippen molar-refractivity contribution in [1.29, 1.82) is 0 Å². The van der Waals surface area contributed by atoms with E-state index in [1.54, 1.807) is 32.0 Å². The summed E-state index contributed by atoms with van der Waals surface area (Å²) in [6.45, 7) is 3.43. The number of H-pyrrole nitrogens is 1. The Bertz CT molecular complexity index is 941. The van der Waals surface area contributed by atoms with Crippen molar-refractivity contribution in [3.63, 3.8) is 0 Å². The smallest absolute Gasteiger partial charge is 0.277 e. The summed E-state index contributed by atoms with van der Waals surface area (Å²) in [5.74, 6) is -0.646. The molecule has 0 saturated carbocycles. The fourth-order valence-electron chi connectivity index (χ4n) is 2.61. The molecule has 1 aromatic carbocycles. The number of halogens is 1. The molecule has 0 atom stereocenters. The minimum absolute atomic E-state index is 0.0361. The van der Waals surface area contributed by atoms with Crippen LogP contribution in [-0.4, -0.2) is 29.7 Å². The predicted molar refractivity (Wildman–Crippen MR) is 96.1 cm³/mol. The summed E-state index contributed by atoms with van der Waals surface area (Å²) in [7, 11) is -1.79. The van der Waals surface area contributed by atoms with E-state index in [0.717, 1.165) is 0 Å². The van der Waals surface area contributed by atoms with Gasteiger partial charge in [0.05, 0.1) is 11.5 Å². The number of hydrogen-bond acceptors (Lipinski definition) is 4. The van der Waals surface area contributed by atoms with Crippen molar-refractivity contribution in [3.8, 4) is 0 Å². The first-order valence-electron chi connectivity index (χ1n) is 7.45. The van der Waals surface area contributed by atoms with Crippen LogP contribution in [0.3, 0.4) is 0 Å². The number of carbonyl (C=O) groups is 1. The third-order valence-electron chi connectivity index (χ3n) is 3.66. The van der Waals surface area contributed by atoms with Crippen molar-refractivity contribution in [2.75, 3.05) is 5.75 Å². The molecular formula is C16H19BrN2O4S. The number of carbonyl (C=O) groups excluding carboxylic acids is 1. The van der Waals surface area contributed by atoms with Crippen LogP contribution in [0.2, 0.25) is 0 Å². The number of rotatable bonds is 6. The second kappa shape index (κ2) is 7.06. The molecule has 0 aliphatic rings. The van der Waals surface area contributed by atoms with Crippen LogP contribution in [0.25, 0.3) is 0 Å². The zero-order valence-corrected chi connectivity index (χ0v) is 16.1. The normalized spacial score (nSPS) is 11.7. The van der Waals surface area contributed by atoms with Crippen molar-refractivity contribution < 1.29 is 13.2 Å². The number of aromatic amines is 1. The van der Waals surface area contributed by atoms with Gasteiger partial charge in [-0.15, -0.1) is 0 Å². The molecule has 0 saturated heterocycles. The van der Waals surface area contributed by atoms with Crippen LogP contribution in [0, 0.1) is 6.92 Å². The highest BCUT2D eigenvalue weighted by Crippen LogP contribution is 2.22. The van der Waals surface area contributed by atoms with Gasteiger partial charge in [-0.05, 0) is 37.1 Å². The Kier molecular flexibility index (Phi) is 5.49. The zero-order valence-electron chi connectivity index (χ0n) is 13.7. The summed E-state index contributed by atoms with van der Waals surface area (Å²) in [5, 5.41) is 2.78. The van der Waals surface area contributed by atoms with E-state index in [4.69, 9.17) is 0 Å². The molecule has 2 aromatic rings. The Morgan fingerprint density at radius 3 is 2.54 bits per heavy atom. The number of hydrogen-bond donors (Lipinski definition) is 1. The number of benzene rings is 1. The minimum Gasteiger partial charge on any atom is -0.299 e. The quantitative estimate of drug-likeness (QED) is 0.734. The number of nitrogens with one attached hydrogen (secondary N) is 1. The molecule has 24 heavy (non-hydrogen) atoms. The first-order valence-corrected chi connectivity index (χ1v) is 10.1. The number of aromatic nitrogens is 2. The number of sulfone groups is 1. The van der Waals surface area contributed by atoms with Crippen molar-refractivity contribution >= 4 is 31.6 Å².